The van der Waals surface area contributed by atoms with Crippen molar-refractivity contribution in [1.29, 1.82) is 0 Å². The second-order valence-corrected chi connectivity index (χ2v) is 4.17. The van der Waals surface area contributed by atoms with Crippen LogP contribution in [0.5, 0.6) is 0 Å². The van der Waals surface area contributed by atoms with Gasteiger partial charge in [0.2, 0.25) is 0 Å². The number of nitro groups is 1. The third-order valence-electron chi connectivity index (χ3n) is 2.71. The summed E-state index contributed by atoms with van der Waals surface area (Å²) in [6, 6.07) is 3.43. The Labute approximate surface area is 116 Å². The van der Waals surface area contributed by atoms with E-state index in [1.807, 2.05) is 0 Å². The van der Waals surface area contributed by atoms with E-state index in [9.17, 15) is 28.5 Å². The fourth-order valence-electron chi connectivity index (χ4n) is 1.71. The van der Waals surface area contributed by atoms with Gasteiger partial charge in [0, 0.05) is 18.3 Å². The molecule has 0 spiro atoms. The SMILES string of the molecule is O=C(Cn1ccc(=O)c([N+](=O)[O-])c1)c1ccc(F)cc1F. The molecule has 0 N–H and O–H groups in total. The van der Waals surface area contributed by atoms with E-state index < -0.39 is 40.0 Å². The molecule has 21 heavy (non-hydrogen) atoms. The fraction of sp³-hybridized carbons (Fsp3) is 0.0769. The summed E-state index contributed by atoms with van der Waals surface area (Å²) in [5, 5.41) is 10.6. The molecule has 0 atom stereocenters. The van der Waals surface area contributed by atoms with E-state index in [-0.39, 0.29) is 5.56 Å². The summed E-state index contributed by atoms with van der Waals surface area (Å²) in [7, 11) is 0. The molecular weight excluding hydrogens is 286 g/mol. The summed E-state index contributed by atoms with van der Waals surface area (Å²) < 4.78 is 27.3. The lowest BCUT2D eigenvalue weighted by Crippen LogP contribution is -2.16. The van der Waals surface area contributed by atoms with Crippen LogP contribution in [0.2, 0.25) is 0 Å². The average Bonchev–Trinajstić information content (AvgIpc) is 2.40. The van der Waals surface area contributed by atoms with Crippen molar-refractivity contribution < 1.29 is 18.5 Å². The van der Waals surface area contributed by atoms with Crippen LogP contribution >= 0.6 is 0 Å². The number of ketones is 1. The van der Waals surface area contributed by atoms with Crippen molar-refractivity contribution in [1.82, 2.24) is 4.57 Å². The Morgan fingerprint density at radius 2 is 2.00 bits per heavy atom. The maximum absolute atomic E-state index is 13.4. The second-order valence-electron chi connectivity index (χ2n) is 4.17. The smallest absolute Gasteiger partial charge is 0.332 e. The lowest BCUT2D eigenvalue weighted by atomic mass is 10.1. The minimum absolute atomic E-state index is 0.335. The molecule has 2 rings (SSSR count). The summed E-state index contributed by atoms with van der Waals surface area (Å²) in [5.41, 5.74) is -1.82. The van der Waals surface area contributed by atoms with Gasteiger partial charge in [-0.05, 0) is 12.1 Å². The number of benzene rings is 1. The summed E-state index contributed by atoms with van der Waals surface area (Å²) >= 11 is 0. The molecule has 108 valence electrons. The van der Waals surface area contributed by atoms with Crippen LogP contribution in [0.4, 0.5) is 14.5 Å². The first kappa shape index (κ1) is 14.5. The Morgan fingerprint density at radius 1 is 1.29 bits per heavy atom. The molecule has 0 bridgehead atoms. The number of halogens is 2. The zero-order chi connectivity index (χ0) is 15.6. The Morgan fingerprint density at radius 3 is 2.62 bits per heavy atom. The highest BCUT2D eigenvalue weighted by Gasteiger charge is 2.16. The molecule has 0 aliphatic rings. The average molecular weight is 294 g/mol. The number of aromatic nitrogens is 1. The topological polar surface area (TPSA) is 82.2 Å². The minimum Gasteiger partial charge on any atom is -0.340 e. The predicted octanol–water partition coefficient (Wildman–Crippen LogP) is 1.92. The second kappa shape index (κ2) is 5.61. The monoisotopic (exact) mass is 294 g/mol. The highest BCUT2D eigenvalue weighted by atomic mass is 19.1. The summed E-state index contributed by atoms with van der Waals surface area (Å²) in [6.07, 6.45) is 2.07. The largest absolute Gasteiger partial charge is 0.340 e. The predicted molar refractivity (Wildman–Crippen MR) is 68.0 cm³/mol. The van der Waals surface area contributed by atoms with Crippen LogP contribution in [0, 0.1) is 21.7 Å². The van der Waals surface area contributed by atoms with Crippen molar-refractivity contribution in [3.8, 4) is 0 Å². The molecule has 0 saturated carbocycles. The van der Waals surface area contributed by atoms with Crippen LogP contribution in [0.1, 0.15) is 10.4 Å². The molecule has 0 radical (unpaired) electrons. The first-order valence-electron chi connectivity index (χ1n) is 5.71. The molecule has 0 amide bonds. The van der Waals surface area contributed by atoms with Crippen molar-refractivity contribution in [3.05, 3.63) is 74.2 Å². The van der Waals surface area contributed by atoms with Crippen molar-refractivity contribution in [2.24, 2.45) is 0 Å². The zero-order valence-electron chi connectivity index (χ0n) is 10.5. The maximum Gasteiger partial charge on any atom is 0.332 e. The molecule has 0 aliphatic carbocycles. The molecule has 8 heteroatoms. The van der Waals surface area contributed by atoms with Crippen LogP contribution in [0.15, 0.2) is 41.5 Å². The lowest BCUT2D eigenvalue weighted by molar-refractivity contribution is -0.386. The molecule has 0 fully saturated rings. The van der Waals surface area contributed by atoms with Gasteiger partial charge in [-0.25, -0.2) is 8.78 Å². The van der Waals surface area contributed by atoms with E-state index >= 15 is 0 Å². The van der Waals surface area contributed by atoms with Gasteiger partial charge in [-0.1, -0.05) is 0 Å². The number of Topliss-reactive ketones (excluding diaryl/α,β-unsaturated/α-hetero) is 1. The van der Waals surface area contributed by atoms with E-state index in [0.29, 0.717) is 6.07 Å². The third kappa shape index (κ3) is 3.16. The number of carbonyl (C=O) groups excluding carboxylic acids is 1. The van der Waals surface area contributed by atoms with Crippen LogP contribution in [-0.2, 0) is 6.54 Å². The van der Waals surface area contributed by atoms with Gasteiger partial charge in [0.25, 0.3) is 5.43 Å². The summed E-state index contributed by atoms with van der Waals surface area (Å²) in [4.78, 5) is 32.9. The zero-order valence-corrected chi connectivity index (χ0v) is 10.5. The van der Waals surface area contributed by atoms with Gasteiger partial charge in [0.1, 0.15) is 11.6 Å². The van der Waals surface area contributed by atoms with Gasteiger partial charge in [-0.3, -0.25) is 19.7 Å². The first-order valence-corrected chi connectivity index (χ1v) is 5.71. The number of hydrogen-bond acceptors (Lipinski definition) is 4. The molecule has 1 heterocycles. The molecule has 2 aromatic rings. The third-order valence-corrected chi connectivity index (χ3v) is 2.71. The normalized spacial score (nSPS) is 10.4. The first-order chi connectivity index (χ1) is 9.88. The van der Waals surface area contributed by atoms with Gasteiger partial charge in [-0.15, -0.1) is 0 Å². The molecule has 0 unspecified atom stereocenters. The van der Waals surface area contributed by atoms with Gasteiger partial charge < -0.3 is 4.57 Å². The highest BCUT2D eigenvalue weighted by molar-refractivity contribution is 5.96. The quantitative estimate of drug-likeness (QED) is 0.490. The number of hydrogen-bond donors (Lipinski definition) is 0. The highest BCUT2D eigenvalue weighted by Crippen LogP contribution is 2.12. The number of nitrogens with zero attached hydrogens (tertiary/aromatic N) is 2. The van der Waals surface area contributed by atoms with Crippen LogP contribution in [0.25, 0.3) is 0 Å². The Balaban J connectivity index is 2.29. The molecule has 0 saturated heterocycles. The molecular formula is C13H8F2N2O4. The van der Waals surface area contributed by atoms with Gasteiger partial charge in [0.15, 0.2) is 5.78 Å². The standard InChI is InChI=1S/C13H8F2N2O4/c14-8-1-2-9(10(15)5-8)13(19)7-16-4-3-12(18)11(6-16)17(20)21/h1-6H,7H2. The molecule has 6 nitrogen and oxygen atoms in total. The summed E-state index contributed by atoms with van der Waals surface area (Å²) in [5.74, 6) is -2.54. The van der Waals surface area contributed by atoms with E-state index in [1.165, 1.54) is 6.20 Å². The maximum atomic E-state index is 13.4. The van der Waals surface area contributed by atoms with Crippen molar-refractivity contribution in [3.63, 3.8) is 0 Å². The summed E-state index contributed by atoms with van der Waals surface area (Å²) in [6.45, 7) is -0.413. The Hall–Kier alpha value is -2.90. The van der Waals surface area contributed by atoms with Crippen molar-refractivity contribution >= 4 is 11.5 Å². The number of pyridine rings is 1. The van der Waals surface area contributed by atoms with Crippen molar-refractivity contribution in [2.45, 2.75) is 6.54 Å². The van der Waals surface area contributed by atoms with Crippen molar-refractivity contribution in [2.75, 3.05) is 0 Å². The lowest BCUT2D eigenvalue weighted by Gasteiger charge is -2.06. The molecule has 1 aromatic heterocycles. The van der Waals surface area contributed by atoms with Crippen LogP contribution in [0.3, 0.4) is 0 Å². The molecule has 0 aliphatic heterocycles. The van der Waals surface area contributed by atoms with E-state index in [2.05, 4.69) is 0 Å². The number of carbonyl (C=O) groups is 1. The van der Waals surface area contributed by atoms with Gasteiger partial charge in [0.05, 0.1) is 23.2 Å². The van der Waals surface area contributed by atoms with E-state index in [0.717, 1.165) is 29.0 Å². The van der Waals surface area contributed by atoms with Gasteiger partial charge in [-0.2, -0.15) is 0 Å². The van der Waals surface area contributed by atoms with E-state index in [4.69, 9.17) is 0 Å². The van der Waals surface area contributed by atoms with Gasteiger partial charge >= 0.3 is 5.69 Å². The van der Waals surface area contributed by atoms with Crippen LogP contribution in [-0.4, -0.2) is 15.3 Å². The Bertz CT molecular complexity index is 786. The fourth-order valence-corrected chi connectivity index (χ4v) is 1.71. The number of rotatable bonds is 4. The Kier molecular flexibility index (Phi) is 3.88. The molecule has 1 aromatic carbocycles. The van der Waals surface area contributed by atoms with E-state index in [1.54, 1.807) is 0 Å². The van der Waals surface area contributed by atoms with Crippen LogP contribution < -0.4 is 5.43 Å². The minimum atomic E-state index is -1.02.